The van der Waals surface area contributed by atoms with Gasteiger partial charge in [-0.05, 0) is 17.7 Å². The van der Waals surface area contributed by atoms with E-state index in [4.69, 9.17) is 0 Å². The van der Waals surface area contributed by atoms with Gasteiger partial charge in [0.05, 0.1) is 5.92 Å². The average Bonchev–Trinajstić information content (AvgIpc) is 2.36. The number of hydrogen-bond donors (Lipinski definition) is 1. The molecule has 1 rings (SSSR count). The van der Waals surface area contributed by atoms with Gasteiger partial charge in [0.1, 0.15) is 0 Å². The summed E-state index contributed by atoms with van der Waals surface area (Å²) in [6.45, 7) is 10.3. The molecule has 17 heavy (non-hydrogen) atoms. The van der Waals surface area contributed by atoms with Crippen molar-refractivity contribution in [2.75, 3.05) is 6.54 Å². The molecule has 3 nitrogen and oxygen atoms in total. The molecule has 0 fully saturated rings. The quantitative estimate of drug-likeness (QED) is 0.791. The fourth-order valence-corrected chi connectivity index (χ4v) is 1.48. The minimum atomic E-state index is -0.150. The van der Waals surface area contributed by atoms with E-state index in [0.29, 0.717) is 6.54 Å². The summed E-state index contributed by atoms with van der Waals surface area (Å²) in [5.74, 6) is -0.134. The third kappa shape index (κ3) is 3.70. The maximum absolute atomic E-state index is 11.7. The van der Waals surface area contributed by atoms with Crippen molar-refractivity contribution >= 4 is 5.91 Å². The summed E-state index contributed by atoms with van der Waals surface area (Å²) < 4.78 is 0. The van der Waals surface area contributed by atoms with E-state index >= 15 is 0 Å². The molecule has 1 amide bonds. The zero-order valence-electron chi connectivity index (χ0n) is 10.7. The van der Waals surface area contributed by atoms with Crippen molar-refractivity contribution in [3.05, 3.63) is 42.7 Å². The summed E-state index contributed by atoms with van der Waals surface area (Å²) in [5, 5.41) is 2.94. The molecule has 0 bridgehead atoms. The monoisotopic (exact) mass is 232 g/mol. The molecular formula is C14H20N2O. The van der Waals surface area contributed by atoms with Crippen molar-refractivity contribution in [2.45, 2.75) is 26.2 Å². The smallest absolute Gasteiger partial charge is 0.226 e. The van der Waals surface area contributed by atoms with Crippen molar-refractivity contribution in [1.82, 2.24) is 10.3 Å². The normalized spacial score (nSPS) is 12.9. The van der Waals surface area contributed by atoms with E-state index in [-0.39, 0.29) is 17.2 Å². The van der Waals surface area contributed by atoms with Crippen molar-refractivity contribution in [1.29, 1.82) is 0 Å². The molecule has 92 valence electrons. The largest absolute Gasteiger partial charge is 0.355 e. The zero-order valence-corrected chi connectivity index (χ0v) is 10.7. The van der Waals surface area contributed by atoms with E-state index in [1.165, 1.54) is 5.56 Å². The van der Waals surface area contributed by atoms with Gasteiger partial charge in [0.25, 0.3) is 0 Å². The molecule has 0 aliphatic rings. The van der Waals surface area contributed by atoms with Gasteiger partial charge in [-0.25, -0.2) is 0 Å². The molecule has 1 aromatic rings. The Balaban J connectivity index is 2.62. The Bertz CT molecular complexity index is 384. The van der Waals surface area contributed by atoms with E-state index in [1.54, 1.807) is 18.5 Å². The Hall–Kier alpha value is -1.64. The molecule has 0 unspecified atom stereocenters. The molecule has 1 N–H and O–H groups in total. The number of nitrogens with one attached hydrogen (secondary N) is 1. The van der Waals surface area contributed by atoms with Gasteiger partial charge >= 0.3 is 0 Å². The maximum Gasteiger partial charge on any atom is 0.226 e. The van der Waals surface area contributed by atoms with E-state index in [2.05, 4.69) is 30.7 Å². The van der Waals surface area contributed by atoms with Gasteiger partial charge in [0.2, 0.25) is 5.91 Å². The Kier molecular flexibility index (Phi) is 4.44. The van der Waals surface area contributed by atoms with Gasteiger partial charge in [-0.15, -0.1) is 6.58 Å². The number of pyridine rings is 1. The van der Waals surface area contributed by atoms with Crippen LogP contribution in [0.4, 0.5) is 0 Å². The van der Waals surface area contributed by atoms with E-state index < -0.39 is 0 Å². The minimum absolute atomic E-state index is 0.0159. The highest BCUT2D eigenvalue weighted by Gasteiger charge is 2.21. The van der Waals surface area contributed by atoms with Crippen LogP contribution in [0.1, 0.15) is 26.3 Å². The zero-order chi connectivity index (χ0) is 12.9. The molecular weight excluding hydrogens is 212 g/mol. The summed E-state index contributed by atoms with van der Waals surface area (Å²) in [7, 11) is 0. The van der Waals surface area contributed by atoms with Crippen LogP contribution in [0.2, 0.25) is 0 Å². The lowest BCUT2D eigenvalue weighted by Crippen LogP contribution is -2.38. The molecule has 0 saturated heterocycles. The summed E-state index contributed by atoms with van der Waals surface area (Å²) in [6, 6.07) is 3.95. The number of hydrogen-bond acceptors (Lipinski definition) is 2. The van der Waals surface area contributed by atoms with E-state index in [9.17, 15) is 4.79 Å². The van der Waals surface area contributed by atoms with Crippen LogP contribution in [0.15, 0.2) is 37.2 Å². The highest BCUT2D eigenvalue weighted by Crippen LogP contribution is 2.21. The molecule has 0 aliphatic carbocycles. The molecule has 0 saturated carbocycles. The second-order valence-corrected chi connectivity index (χ2v) is 4.86. The van der Waals surface area contributed by atoms with E-state index in [1.807, 2.05) is 19.1 Å². The van der Waals surface area contributed by atoms with Gasteiger partial charge in [-0.3, -0.25) is 9.78 Å². The highest BCUT2D eigenvalue weighted by atomic mass is 16.1. The van der Waals surface area contributed by atoms with Crippen LogP contribution in [0, 0.1) is 5.92 Å². The Morgan fingerprint density at radius 2 is 2.12 bits per heavy atom. The van der Waals surface area contributed by atoms with Crippen LogP contribution in [0.25, 0.3) is 0 Å². The summed E-state index contributed by atoms with van der Waals surface area (Å²) in [6.07, 6.45) is 5.19. The fraction of sp³-hybridized carbons (Fsp3) is 0.429. The van der Waals surface area contributed by atoms with Gasteiger partial charge in [-0.1, -0.05) is 26.8 Å². The summed E-state index contributed by atoms with van der Waals surface area (Å²) in [5.41, 5.74) is 1.07. The summed E-state index contributed by atoms with van der Waals surface area (Å²) in [4.78, 5) is 15.7. The predicted molar refractivity (Wildman–Crippen MR) is 69.6 cm³/mol. The van der Waals surface area contributed by atoms with Crippen LogP contribution in [0.3, 0.4) is 0 Å². The first-order valence-electron chi connectivity index (χ1n) is 5.78. The average molecular weight is 232 g/mol. The van der Waals surface area contributed by atoms with Gasteiger partial charge in [-0.2, -0.15) is 0 Å². The number of rotatable bonds is 5. The van der Waals surface area contributed by atoms with Crippen LogP contribution >= 0.6 is 0 Å². The summed E-state index contributed by atoms with van der Waals surface area (Å²) >= 11 is 0. The molecule has 0 aliphatic heterocycles. The first-order valence-corrected chi connectivity index (χ1v) is 5.78. The number of nitrogens with zero attached hydrogens (tertiary/aromatic N) is 1. The molecule has 1 aromatic heterocycles. The lowest BCUT2D eigenvalue weighted by atomic mass is 9.85. The lowest BCUT2D eigenvalue weighted by Gasteiger charge is -2.26. The molecule has 0 aromatic carbocycles. The van der Waals surface area contributed by atoms with Gasteiger partial charge in [0.15, 0.2) is 0 Å². The third-order valence-electron chi connectivity index (χ3n) is 2.93. The minimum Gasteiger partial charge on any atom is -0.355 e. The second kappa shape index (κ2) is 5.62. The Morgan fingerprint density at radius 3 is 2.65 bits per heavy atom. The molecule has 1 heterocycles. The predicted octanol–water partition coefficient (Wildman–Crippen LogP) is 2.30. The van der Waals surface area contributed by atoms with Crippen LogP contribution in [-0.2, 0) is 10.2 Å². The van der Waals surface area contributed by atoms with Crippen molar-refractivity contribution in [3.8, 4) is 0 Å². The van der Waals surface area contributed by atoms with E-state index in [0.717, 1.165) is 0 Å². The Labute approximate surface area is 103 Å². The topological polar surface area (TPSA) is 42.0 Å². The number of carbonyl (C=O) groups excluding carboxylic acids is 1. The number of aromatic nitrogens is 1. The van der Waals surface area contributed by atoms with Crippen molar-refractivity contribution in [3.63, 3.8) is 0 Å². The van der Waals surface area contributed by atoms with Crippen molar-refractivity contribution in [2.24, 2.45) is 5.92 Å². The van der Waals surface area contributed by atoms with Crippen molar-refractivity contribution < 1.29 is 4.79 Å². The van der Waals surface area contributed by atoms with Gasteiger partial charge in [0, 0.05) is 24.4 Å². The molecule has 0 radical (unpaired) electrons. The number of amides is 1. The second-order valence-electron chi connectivity index (χ2n) is 4.86. The lowest BCUT2D eigenvalue weighted by molar-refractivity contribution is -0.123. The molecule has 1 atom stereocenters. The first-order chi connectivity index (χ1) is 7.97. The maximum atomic E-state index is 11.7. The SMILES string of the molecule is C=C[C@@H](C)C(=O)NCC(C)(C)c1ccncc1. The Morgan fingerprint density at radius 1 is 1.53 bits per heavy atom. The highest BCUT2D eigenvalue weighted by molar-refractivity contribution is 5.79. The van der Waals surface area contributed by atoms with Gasteiger partial charge < -0.3 is 5.32 Å². The van der Waals surface area contributed by atoms with Crippen LogP contribution in [-0.4, -0.2) is 17.4 Å². The van der Waals surface area contributed by atoms with Crippen LogP contribution in [0.5, 0.6) is 0 Å². The molecule has 3 heteroatoms. The first kappa shape index (κ1) is 13.4. The molecule has 0 spiro atoms. The number of carbonyl (C=O) groups is 1. The van der Waals surface area contributed by atoms with Crippen LogP contribution < -0.4 is 5.32 Å². The third-order valence-corrected chi connectivity index (χ3v) is 2.93. The fourth-order valence-electron chi connectivity index (χ4n) is 1.48. The standard InChI is InChI=1S/C14H20N2O/c1-5-11(2)13(17)16-10-14(3,4)12-6-8-15-9-7-12/h5-9,11H,1,10H2,2-4H3,(H,16,17)/t11-/m1/s1.